The van der Waals surface area contributed by atoms with Gasteiger partial charge in [0.2, 0.25) is 0 Å². The van der Waals surface area contributed by atoms with Crippen LogP contribution < -0.4 is 4.74 Å². The van der Waals surface area contributed by atoms with Crippen LogP contribution in [0.3, 0.4) is 0 Å². The molecule has 88 valence electrons. The van der Waals surface area contributed by atoms with E-state index in [1.165, 1.54) is 0 Å². The summed E-state index contributed by atoms with van der Waals surface area (Å²) in [5.74, 6) is -0.116. The number of aliphatic carboxylic acids is 1. The van der Waals surface area contributed by atoms with Gasteiger partial charge in [0.1, 0.15) is 0 Å². The summed E-state index contributed by atoms with van der Waals surface area (Å²) in [6.45, 7) is 4.71. The van der Waals surface area contributed by atoms with Crippen molar-refractivity contribution in [1.82, 2.24) is 0 Å². The Morgan fingerprint density at radius 2 is 2.12 bits per heavy atom. The number of carboxylic acid groups (broad SMARTS) is 1. The van der Waals surface area contributed by atoms with Crippen LogP contribution in [0.2, 0.25) is 0 Å². The Labute approximate surface area is 94.8 Å². The summed E-state index contributed by atoms with van der Waals surface area (Å²) in [6.07, 6.45) is 2.48. The smallest absolute Gasteiger partial charge is 0.300 e. The molecule has 0 atom stereocenters. The van der Waals surface area contributed by atoms with Crippen LogP contribution in [0, 0.1) is 0 Å². The lowest BCUT2D eigenvalue weighted by Gasteiger charge is -2.07. The quantitative estimate of drug-likeness (QED) is 0.772. The first-order chi connectivity index (χ1) is 7.52. The molecule has 16 heavy (non-hydrogen) atoms. The van der Waals surface area contributed by atoms with Gasteiger partial charge in [-0.05, 0) is 12.5 Å². The summed E-state index contributed by atoms with van der Waals surface area (Å²) in [4.78, 5) is 9.00. The highest BCUT2D eigenvalue weighted by atomic mass is 16.5. The zero-order chi connectivity index (χ0) is 12.6. The second kappa shape index (κ2) is 7.34. The lowest BCUT2D eigenvalue weighted by Crippen LogP contribution is -1.90. The highest BCUT2D eigenvalue weighted by molar-refractivity contribution is 5.62. The van der Waals surface area contributed by atoms with Crippen molar-refractivity contribution >= 4 is 5.97 Å². The molecular weight excluding hydrogens is 208 g/mol. The molecule has 0 amide bonds. The molecule has 1 rings (SSSR count). The van der Waals surface area contributed by atoms with Gasteiger partial charge in [-0.3, -0.25) is 4.79 Å². The largest absolute Gasteiger partial charge is 0.504 e. The minimum absolute atomic E-state index is 0.178. The van der Waals surface area contributed by atoms with E-state index in [2.05, 4.69) is 6.58 Å². The molecule has 1 aromatic carbocycles. The number of benzene rings is 1. The molecule has 0 aliphatic heterocycles. The third-order valence-electron chi connectivity index (χ3n) is 1.64. The van der Waals surface area contributed by atoms with E-state index in [9.17, 15) is 5.11 Å². The van der Waals surface area contributed by atoms with Crippen LogP contribution in [0.1, 0.15) is 12.5 Å². The van der Waals surface area contributed by atoms with E-state index in [0.29, 0.717) is 12.2 Å². The number of aromatic hydroxyl groups is 1. The first-order valence-corrected chi connectivity index (χ1v) is 4.68. The van der Waals surface area contributed by atoms with Crippen molar-refractivity contribution in [3.05, 3.63) is 36.4 Å². The molecule has 2 N–H and O–H groups in total. The molecule has 0 aliphatic rings. The van der Waals surface area contributed by atoms with Crippen molar-refractivity contribution in [3.63, 3.8) is 0 Å². The molecule has 0 unspecified atom stereocenters. The van der Waals surface area contributed by atoms with E-state index in [4.69, 9.17) is 14.6 Å². The molecule has 0 aromatic heterocycles. The van der Waals surface area contributed by atoms with Crippen LogP contribution in [-0.4, -0.2) is 23.3 Å². The predicted molar refractivity (Wildman–Crippen MR) is 61.9 cm³/mol. The highest BCUT2D eigenvalue weighted by Gasteiger charge is 2.04. The summed E-state index contributed by atoms with van der Waals surface area (Å²) >= 11 is 0. The standard InChI is InChI=1S/C10H12O2.C2H4O2/c1-3-5-8-6-4-7-9(11)10(8)12-2;1-2(3)4/h3-4,6-7,11H,1,5H2,2H3;1H3,(H,3,4). The minimum atomic E-state index is -0.833. The van der Waals surface area contributed by atoms with Crippen molar-refractivity contribution < 1.29 is 19.7 Å². The summed E-state index contributed by atoms with van der Waals surface area (Å²) in [7, 11) is 1.54. The van der Waals surface area contributed by atoms with Gasteiger partial charge < -0.3 is 14.9 Å². The molecular formula is C12H16O4. The van der Waals surface area contributed by atoms with Gasteiger partial charge in [-0.2, -0.15) is 0 Å². The molecule has 0 fully saturated rings. The Balaban J connectivity index is 0.000000487. The van der Waals surface area contributed by atoms with Gasteiger partial charge in [0, 0.05) is 12.5 Å². The van der Waals surface area contributed by atoms with E-state index in [-0.39, 0.29) is 5.75 Å². The molecule has 4 heteroatoms. The van der Waals surface area contributed by atoms with Crippen LogP contribution in [-0.2, 0) is 11.2 Å². The second-order valence-corrected chi connectivity index (χ2v) is 2.98. The van der Waals surface area contributed by atoms with Crippen molar-refractivity contribution in [1.29, 1.82) is 0 Å². The third kappa shape index (κ3) is 5.05. The van der Waals surface area contributed by atoms with Crippen molar-refractivity contribution in [3.8, 4) is 11.5 Å². The number of phenols is 1. The monoisotopic (exact) mass is 224 g/mol. The van der Waals surface area contributed by atoms with Crippen LogP contribution in [0.25, 0.3) is 0 Å². The fourth-order valence-electron chi connectivity index (χ4n) is 1.12. The number of methoxy groups -OCH3 is 1. The van der Waals surface area contributed by atoms with Gasteiger partial charge >= 0.3 is 0 Å². The zero-order valence-corrected chi connectivity index (χ0v) is 9.43. The number of carboxylic acids is 1. The van der Waals surface area contributed by atoms with E-state index in [0.717, 1.165) is 12.5 Å². The number of carbonyl (C=O) groups is 1. The van der Waals surface area contributed by atoms with Crippen LogP contribution in [0.15, 0.2) is 30.9 Å². The number of para-hydroxylation sites is 1. The molecule has 0 radical (unpaired) electrons. The van der Waals surface area contributed by atoms with Crippen LogP contribution >= 0.6 is 0 Å². The average Bonchev–Trinajstić information content (AvgIpc) is 2.17. The molecule has 0 saturated carbocycles. The lowest BCUT2D eigenvalue weighted by atomic mass is 10.1. The predicted octanol–water partition coefficient (Wildman–Crippen LogP) is 2.22. The summed E-state index contributed by atoms with van der Waals surface area (Å²) < 4.78 is 5.03. The molecule has 0 spiro atoms. The third-order valence-corrected chi connectivity index (χ3v) is 1.64. The summed E-state index contributed by atoms with van der Waals surface area (Å²) in [5.41, 5.74) is 0.951. The molecule has 0 aliphatic carbocycles. The molecule has 4 nitrogen and oxygen atoms in total. The normalized spacial score (nSPS) is 8.62. The number of hydrogen-bond donors (Lipinski definition) is 2. The Morgan fingerprint density at radius 1 is 1.56 bits per heavy atom. The first kappa shape index (κ1) is 14.0. The van der Waals surface area contributed by atoms with Crippen molar-refractivity contribution in [2.45, 2.75) is 13.3 Å². The number of hydrogen-bond acceptors (Lipinski definition) is 3. The lowest BCUT2D eigenvalue weighted by molar-refractivity contribution is -0.134. The van der Waals surface area contributed by atoms with E-state index >= 15 is 0 Å². The summed E-state index contributed by atoms with van der Waals surface area (Å²) in [6, 6.07) is 5.29. The number of ether oxygens (including phenoxy) is 1. The van der Waals surface area contributed by atoms with E-state index in [1.54, 1.807) is 25.3 Å². The fourth-order valence-corrected chi connectivity index (χ4v) is 1.12. The maximum atomic E-state index is 9.36. The Kier molecular flexibility index (Phi) is 6.43. The number of rotatable bonds is 3. The highest BCUT2D eigenvalue weighted by Crippen LogP contribution is 2.29. The fraction of sp³-hybridized carbons (Fsp3) is 0.250. The van der Waals surface area contributed by atoms with E-state index < -0.39 is 5.97 Å². The minimum Gasteiger partial charge on any atom is -0.504 e. The first-order valence-electron chi connectivity index (χ1n) is 4.68. The van der Waals surface area contributed by atoms with Gasteiger partial charge in [0.15, 0.2) is 11.5 Å². The second-order valence-electron chi connectivity index (χ2n) is 2.98. The number of allylic oxidation sites excluding steroid dienone is 1. The molecule has 1 aromatic rings. The average molecular weight is 224 g/mol. The van der Waals surface area contributed by atoms with Crippen LogP contribution in [0.5, 0.6) is 11.5 Å². The zero-order valence-electron chi connectivity index (χ0n) is 9.43. The van der Waals surface area contributed by atoms with Gasteiger partial charge in [0.25, 0.3) is 5.97 Å². The number of phenolic OH excluding ortho intramolecular Hbond substituents is 1. The van der Waals surface area contributed by atoms with Gasteiger partial charge in [-0.1, -0.05) is 18.2 Å². The van der Waals surface area contributed by atoms with Gasteiger partial charge in [-0.25, -0.2) is 0 Å². The molecule has 0 heterocycles. The Hall–Kier alpha value is -1.97. The van der Waals surface area contributed by atoms with Crippen molar-refractivity contribution in [2.24, 2.45) is 0 Å². The Morgan fingerprint density at radius 3 is 2.56 bits per heavy atom. The summed E-state index contributed by atoms with van der Waals surface area (Å²) in [5, 5.41) is 16.8. The van der Waals surface area contributed by atoms with Crippen LogP contribution in [0.4, 0.5) is 0 Å². The SMILES string of the molecule is C=CCc1cccc(O)c1OC.CC(=O)O. The van der Waals surface area contributed by atoms with Crippen molar-refractivity contribution in [2.75, 3.05) is 7.11 Å². The topological polar surface area (TPSA) is 66.8 Å². The molecule has 0 saturated heterocycles. The maximum Gasteiger partial charge on any atom is 0.300 e. The van der Waals surface area contributed by atoms with Gasteiger partial charge in [-0.15, -0.1) is 6.58 Å². The van der Waals surface area contributed by atoms with Gasteiger partial charge in [0.05, 0.1) is 7.11 Å². The maximum absolute atomic E-state index is 9.36. The Bertz CT molecular complexity index is 354. The van der Waals surface area contributed by atoms with E-state index in [1.807, 2.05) is 6.07 Å². The molecule has 0 bridgehead atoms.